The number of alkyl halides is 3. The van der Waals surface area contributed by atoms with Gasteiger partial charge >= 0.3 is 6.18 Å². The van der Waals surface area contributed by atoms with Crippen molar-refractivity contribution in [3.63, 3.8) is 0 Å². The van der Waals surface area contributed by atoms with E-state index < -0.39 is 11.1 Å². The third-order valence-electron chi connectivity index (χ3n) is 2.82. The highest BCUT2D eigenvalue weighted by atomic mass is 32.1. The number of fused-ring (bicyclic) bond motifs is 1. The molecule has 1 N–H and O–H groups in total. The quantitative estimate of drug-likeness (QED) is 0.695. The molecule has 3 nitrogen and oxygen atoms in total. The van der Waals surface area contributed by atoms with Crippen molar-refractivity contribution in [2.75, 3.05) is 0 Å². The van der Waals surface area contributed by atoms with E-state index in [-0.39, 0.29) is 5.56 Å². The molecular weight excluding hydrogens is 287 g/mol. The summed E-state index contributed by atoms with van der Waals surface area (Å²) in [7, 11) is 0. The van der Waals surface area contributed by atoms with Crippen LogP contribution in [0.2, 0.25) is 0 Å². The Bertz CT molecular complexity index is 823. The van der Waals surface area contributed by atoms with E-state index in [1.807, 2.05) is 0 Å². The number of halogens is 3. The van der Waals surface area contributed by atoms with Gasteiger partial charge in [-0.2, -0.15) is 17.5 Å². The lowest BCUT2D eigenvalue weighted by atomic mass is 10.1. The van der Waals surface area contributed by atoms with E-state index in [4.69, 9.17) is 6.42 Å². The average molecular weight is 293 g/mol. The molecule has 0 unspecified atom stereocenters. The monoisotopic (exact) mass is 293 g/mol. The summed E-state index contributed by atoms with van der Waals surface area (Å²) in [6.07, 6.45) is 5.03. The van der Waals surface area contributed by atoms with Crippen molar-refractivity contribution < 1.29 is 13.2 Å². The third kappa shape index (κ3) is 1.94. The zero-order valence-electron chi connectivity index (χ0n) is 9.82. The first-order valence-corrected chi connectivity index (χ1v) is 6.24. The van der Waals surface area contributed by atoms with Gasteiger partial charge in [0.05, 0.1) is 0 Å². The zero-order valence-corrected chi connectivity index (χ0v) is 10.6. The van der Waals surface area contributed by atoms with E-state index in [2.05, 4.69) is 20.3 Å². The summed E-state index contributed by atoms with van der Waals surface area (Å²) in [6.45, 7) is 0. The van der Waals surface area contributed by atoms with Crippen LogP contribution in [-0.2, 0) is 6.18 Å². The second-order valence-electron chi connectivity index (χ2n) is 4.03. The van der Waals surface area contributed by atoms with Crippen LogP contribution in [0.5, 0.6) is 0 Å². The van der Waals surface area contributed by atoms with Crippen LogP contribution in [0, 0.1) is 12.3 Å². The van der Waals surface area contributed by atoms with E-state index in [1.165, 1.54) is 18.6 Å². The number of nitrogens with zero attached hydrogens (tertiary/aromatic N) is 2. The molecule has 0 aliphatic carbocycles. The van der Waals surface area contributed by atoms with Gasteiger partial charge < -0.3 is 4.98 Å². The Morgan fingerprint density at radius 1 is 1.25 bits per heavy atom. The Morgan fingerprint density at radius 2 is 2.05 bits per heavy atom. The molecular formula is C13H6F3N3S. The molecule has 0 amide bonds. The molecule has 0 atom stereocenters. The molecule has 3 rings (SSSR count). The lowest BCUT2D eigenvalue weighted by molar-refractivity contribution is -0.133. The van der Waals surface area contributed by atoms with E-state index in [9.17, 15) is 13.2 Å². The van der Waals surface area contributed by atoms with Gasteiger partial charge in [-0.3, -0.25) is 0 Å². The molecule has 20 heavy (non-hydrogen) atoms. The van der Waals surface area contributed by atoms with Crippen LogP contribution in [0.25, 0.3) is 22.2 Å². The fourth-order valence-corrected chi connectivity index (χ4v) is 2.57. The van der Waals surface area contributed by atoms with Crippen molar-refractivity contribution in [2.45, 2.75) is 6.18 Å². The minimum atomic E-state index is -4.43. The van der Waals surface area contributed by atoms with Gasteiger partial charge in [0.15, 0.2) is 0 Å². The molecule has 0 saturated heterocycles. The molecule has 0 aliphatic heterocycles. The molecule has 0 saturated carbocycles. The highest BCUT2D eigenvalue weighted by Gasteiger charge is 2.36. The second kappa shape index (κ2) is 4.35. The summed E-state index contributed by atoms with van der Waals surface area (Å²) in [6, 6.07) is 1.63. The van der Waals surface area contributed by atoms with Crippen LogP contribution < -0.4 is 0 Å². The van der Waals surface area contributed by atoms with Crippen molar-refractivity contribution in [3.8, 4) is 23.5 Å². The molecule has 0 radical (unpaired) electrons. The van der Waals surface area contributed by atoms with Gasteiger partial charge in [0, 0.05) is 40.7 Å². The maximum absolute atomic E-state index is 12.9. The highest BCUT2D eigenvalue weighted by Crippen LogP contribution is 2.41. The second-order valence-corrected chi connectivity index (χ2v) is 4.83. The maximum atomic E-state index is 12.9. The standard InChI is InChI=1S/C13H6F3N3S/c1-2-7-3-8-9(5-18-12(8)17-4-7)10-6-19-20-11(10)13(14,15)16/h1,3-6H,(H,17,18). The predicted molar refractivity (Wildman–Crippen MR) is 70.1 cm³/mol. The molecule has 0 bridgehead atoms. The smallest absolute Gasteiger partial charge is 0.346 e. The lowest BCUT2D eigenvalue weighted by Crippen LogP contribution is -2.03. The molecule has 3 aromatic heterocycles. The van der Waals surface area contributed by atoms with Gasteiger partial charge in [-0.15, -0.1) is 6.42 Å². The van der Waals surface area contributed by atoms with Gasteiger partial charge in [-0.1, -0.05) is 5.92 Å². The Labute approximate surface area is 115 Å². The number of aromatic nitrogens is 3. The largest absolute Gasteiger partial charge is 0.427 e. The molecule has 100 valence electrons. The summed E-state index contributed by atoms with van der Waals surface area (Å²) in [5.74, 6) is 2.41. The van der Waals surface area contributed by atoms with Crippen LogP contribution in [0.15, 0.2) is 24.7 Å². The van der Waals surface area contributed by atoms with Gasteiger partial charge in [-0.05, 0) is 17.6 Å². The minimum absolute atomic E-state index is 0.0321. The van der Waals surface area contributed by atoms with Crippen molar-refractivity contribution >= 4 is 22.6 Å². The number of terminal acetylenes is 1. The van der Waals surface area contributed by atoms with Crippen molar-refractivity contribution in [3.05, 3.63) is 35.1 Å². The Balaban J connectivity index is 2.26. The van der Waals surface area contributed by atoms with Crippen LogP contribution in [0.1, 0.15) is 10.4 Å². The SMILES string of the molecule is C#Cc1cnc2[nH]cc(-c3cnsc3C(F)(F)F)c2c1. The first kappa shape index (κ1) is 12.7. The Morgan fingerprint density at radius 3 is 2.75 bits per heavy atom. The van der Waals surface area contributed by atoms with Crippen LogP contribution in [-0.4, -0.2) is 14.3 Å². The van der Waals surface area contributed by atoms with Crippen molar-refractivity contribution in [1.82, 2.24) is 14.3 Å². The van der Waals surface area contributed by atoms with Gasteiger partial charge in [0.25, 0.3) is 0 Å². The number of hydrogen-bond acceptors (Lipinski definition) is 3. The lowest BCUT2D eigenvalue weighted by Gasteiger charge is -2.05. The van der Waals surface area contributed by atoms with Gasteiger partial charge in [0.1, 0.15) is 10.5 Å². The summed E-state index contributed by atoms with van der Waals surface area (Å²) in [5, 5.41) is 0.547. The fraction of sp³-hybridized carbons (Fsp3) is 0.0769. The number of H-pyrrole nitrogens is 1. The summed E-state index contributed by atoms with van der Waals surface area (Å²) in [5.41, 5.74) is 1.42. The fourth-order valence-electron chi connectivity index (χ4n) is 1.94. The van der Waals surface area contributed by atoms with Gasteiger partial charge in [-0.25, -0.2) is 4.98 Å². The normalized spacial score (nSPS) is 11.7. The van der Waals surface area contributed by atoms with E-state index >= 15 is 0 Å². The number of hydrogen-bond donors (Lipinski definition) is 1. The Hall–Kier alpha value is -2.33. The maximum Gasteiger partial charge on any atom is 0.427 e. The number of rotatable bonds is 1. The number of pyridine rings is 1. The number of aromatic amines is 1. The average Bonchev–Trinajstić information content (AvgIpc) is 3.02. The first-order chi connectivity index (χ1) is 9.50. The summed E-state index contributed by atoms with van der Waals surface area (Å²) >= 11 is 0.424. The van der Waals surface area contributed by atoms with Gasteiger partial charge in [0.2, 0.25) is 0 Å². The highest BCUT2D eigenvalue weighted by molar-refractivity contribution is 7.06. The van der Waals surface area contributed by atoms with E-state index in [0.717, 1.165) is 0 Å². The third-order valence-corrected chi connectivity index (χ3v) is 3.66. The molecule has 3 heterocycles. The van der Waals surface area contributed by atoms with Crippen LogP contribution >= 0.6 is 11.5 Å². The zero-order chi connectivity index (χ0) is 14.3. The minimum Gasteiger partial charge on any atom is -0.346 e. The molecule has 0 spiro atoms. The molecule has 3 aromatic rings. The molecule has 7 heteroatoms. The van der Waals surface area contributed by atoms with Crippen LogP contribution in [0.4, 0.5) is 13.2 Å². The van der Waals surface area contributed by atoms with Crippen molar-refractivity contribution in [2.24, 2.45) is 0 Å². The van der Waals surface area contributed by atoms with Crippen LogP contribution in [0.3, 0.4) is 0 Å². The predicted octanol–water partition coefficient (Wildman–Crippen LogP) is 3.69. The summed E-state index contributed by atoms with van der Waals surface area (Å²) in [4.78, 5) is 6.18. The van der Waals surface area contributed by atoms with E-state index in [1.54, 1.807) is 6.07 Å². The Kier molecular flexibility index (Phi) is 2.76. The first-order valence-electron chi connectivity index (χ1n) is 5.46. The van der Waals surface area contributed by atoms with Crippen molar-refractivity contribution in [1.29, 1.82) is 0 Å². The number of nitrogens with one attached hydrogen (secondary N) is 1. The molecule has 0 fully saturated rings. The topological polar surface area (TPSA) is 41.6 Å². The van der Waals surface area contributed by atoms with E-state index in [0.29, 0.717) is 33.7 Å². The molecule has 0 aliphatic rings. The summed E-state index contributed by atoms with van der Waals surface area (Å²) < 4.78 is 42.4. The molecule has 0 aromatic carbocycles.